The Morgan fingerprint density at radius 3 is 2.96 bits per heavy atom. The molecule has 4 rings (SSSR count). The number of aromatic nitrogens is 2. The number of carbonyl (C=O) groups is 2. The van der Waals surface area contributed by atoms with Gasteiger partial charge in [0.2, 0.25) is 11.8 Å². The number of nitrogens with one attached hydrogen (secondary N) is 1. The van der Waals surface area contributed by atoms with E-state index >= 15 is 0 Å². The number of aryl methyl sites for hydroxylation is 1. The van der Waals surface area contributed by atoms with Crippen LogP contribution in [0, 0.1) is 0 Å². The normalized spacial score (nSPS) is 16.7. The first kappa shape index (κ1) is 16.7. The van der Waals surface area contributed by atoms with Crippen molar-refractivity contribution >= 4 is 41.1 Å². The highest BCUT2D eigenvalue weighted by atomic mass is 32.1. The highest BCUT2D eigenvalue weighted by Crippen LogP contribution is 2.22. The Morgan fingerprint density at radius 1 is 1.27 bits per heavy atom. The molecule has 2 aromatic heterocycles. The molecule has 0 unspecified atom stereocenters. The molecule has 2 amide bonds. The number of carbonyl (C=O) groups excluding carboxylic acids is 2. The van der Waals surface area contributed by atoms with E-state index < -0.39 is 0 Å². The number of amides is 2. The maximum atomic E-state index is 12.3. The van der Waals surface area contributed by atoms with E-state index in [0.29, 0.717) is 25.3 Å². The third-order valence-electron chi connectivity index (χ3n) is 4.39. The number of rotatable bonds is 3. The lowest BCUT2D eigenvalue weighted by Gasteiger charge is -2.33. The molecule has 0 bridgehead atoms. The molecule has 7 heteroatoms. The van der Waals surface area contributed by atoms with Gasteiger partial charge in [0.1, 0.15) is 10.8 Å². The van der Waals surface area contributed by atoms with Crippen LogP contribution in [0.2, 0.25) is 0 Å². The van der Waals surface area contributed by atoms with Gasteiger partial charge in [-0.15, -0.1) is 11.3 Å². The fourth-order valence-corrected chi connectivity index (χ4v) is 3.62. The molecular formula is C19H18N4O2S. The molecule has 6 nitrogen and oxygen atoms in total. The lowest BCUT2D eigenvalue weighted by Crippen LogP contribution is -2.43. The number of pyridine rings is 1. The molecule has 2 aliphatic rings. The molecule has 0 aliphatic carbocycles. The molecule has 0 spiro atoms. The van der Waals surface area contributed by atoms with Gasteiger partial charge in [-0.1, -0.05) is 0 Å². The van der Waals surface area contributed by atoms with Gasteiger partial charge in [0.25, 0.3) is 0 Å². The summed E-state index contributed by atoms with van der Waals surface area (Å²) in [5.74, 6) is 0.634. The summed E-state index contributed by atoms with van der Waals surface area (Å²) in [4.78, 5) is 34.1. The molecule has 0 saturated carbocycles. The van der Waals surface area contributed by atoms with Crippen LogP contribution in [0.15, 0.2) is 35.5 Å². The maximum absolute atomic E-state index is 12.3. The van der Waals surface area contributed by atoms with Crippen molar-refractivity contribution in [3.8, 4) is 0 Å². The summed E-state index contributed by atoms with van der Waals surface area (Å²) in [6, 6.07) is 1.99. The summed E-state index contributed by atoms with van der Waals surface area (Å²) in [7, 11) is 0. The van der Waals surface area contributed by atoms with Crippen molar-refractivity contribution in [3.05, 3.63) is 51.6 Å². The van der Waals surface area contributed by atoms with E-state index in [4.69, 9.17) is 0 Å². The fourth-order valence-electron chi connectivity index (χ4n) is 3.00. The van der Waals surface area contributed by atoms with Crippen LogP contribution in [0.25, 0.3) is 12.2 Å². The van der Waals surface area contributed by atoms with E-state index in [9.17, 15) is 9.59 Å². The second kappa shape index (κ2) is 7.21. The molecule has 1 saturated heterocycles. The minimum atomic E-state index is -0.00969. The monoisotopic (exact) mass is 366 g/mol. The number of thiazole rings is 1. The van der Waals surface area contributed by atoms with E-state index in [1.54, 1.807) is 40.8 Å². The van der Waals surface area contributed by atoms with Gasteiger partial charge in [-0.3, -0.25) is 9.59 Å². The van der Waals surface area contributed by atoms with Crippen LogP contribution in [0.4, 0.5) is 5.82 Å². The number of hydrogen-bond donors (Lipinski definition) is 1. The Bertz CT molecular complexity index is 894. The number of likely N-dealkylation sites (tertiary alicyclic amines) is 1. The maximum Gasteiger partial charge on any atom is 0.247 e. The molecule has 0 radical (unpaired) electrons. The Hall–Kier alpha value is -2.80. The molecular weight excluding hydrogens is 348 g/mol. The molecule has 1 fully saturated rings. The summed E-state index contributed by atoms with van der Waals surface area (Å²) in [5, 5.41) is 5.73. The zero-order chi connectivity index (χ0) is 17.9. The molecule has 132 valence electrons. The van der Waals surface area contributed by atoms with Gasteiger partial charge < -0.3 is 10.2 Å². The first-order valence-corrected chi connectivity index (χ1v) is 9.40. The van der Waals surface area contributed by atoms with E-state index in [1.165, 1.54) is 5.57 Å². The highest BCUT2D eigenvalue weighted by Gasteiger charge is 2.23. The average molecular weight is 366 g/mol. The summed E-state index contributed by atoms with van der Waals surface area (Å²) in [5.41, 5.74) is 3.10. The lowest BCUT2D eigenvalue weighted by atomic mass is 10.1. The Morgan fingerprint density at radius 2 is 2.15 bits per heavy atom. The van der Waals surface area contributed by atoms with E-state index in [0.717, 1.165) is 29.0 Å². The topological polar surface area (TPSA) is 75.2 Å². The first-order valence-electron chi connectivity index (χ1n) is 8.52. The molecule has 4 heterocycles. The van der Waals surface area contributed by atoms with Crippen LogP contribution in [-0.4, -0.2) is 39.8 Å². The van der Waals surface area contributed by atoms with Crippen molar-refractivity contribution in [2.75, 3.05) is 18.4 Å². The lowest BCUT2D eigenvalue weighted by molar-refractivity contribution is -0.127. The van der Waals surface area contributed by atoms with E-state index in [2.05, 4.69) is 15.3 Å². The zero-order valence-corrected chi connectivity index (χ0v) is 15.0. The van der Waals surface area contributed by atoms with Crippen LogP contribution in [0.1, 0.15) is 29.0 Å². The van der Waals surface area contributed by atoms with Gasteiger partial charge in [0, 0.05) is 43.4 Å². The first-order chi connectivity index (χ1) is 12.7. The predicted molar refractivity (Wildman–Crippen MR) is 102 cm³/mol. The number of nitrogens with zero attached hydrogens (tertiary/aromatic N) is 3. The summed E-state index contributed by atoms with van der Waals surface area (Å²) < 4.78 is 0. The van der Waals surface area contributed by atoms with Gasteiger partial charge in [-0.05, 0) is 47.8 Å². The quantitative estimate of drug-likeness (QED) is 0.848. The average Bonchev–Trinajstić information content (AvgIpc) is 3.03. The van der Waals surface area contributed by atoms with Crippen LogP contribution in [0.3, 0.4) is 0 Å². The van der Waals surface area contributed by atoms with Crippen LogP contribution >= 0.6 is 11.3 Å². The number of fused-ring (bicyclic) bond motifs is 1. The van der Waals surface area contributed by atoms with Gasteiger partial charge in [-0.25, -0.2) is 9.97 Å². The van der Waals surface area contributed by atoms with Crippen molar-refractivity contribution in [2.24, 2.45) is 0 Å². The zero-order valence-electron chi connectivity index (χ0n) is 14.1. The van der Waals surface area contributed by atoms with Crippen molar-refractivity contribution in [2.45, 2.75) is 19.3 Å². The highest BCUT2D eigenvalue weighted by molar-refractivity contribution is 7.10. The smallest absolute Gasteiger partial charge is 0.247 e. The summed E-state index contributed by atoms with van der Waals surface area (Å²) >= 11 is 1.59. The predicted octanol–water partition coefficient (Wildman–Crippen LogP) is 2.75. The Balaban J connectivity index is 1.37. The van der Waals surface area contributed by atoms with Crippen LogP contribution in [-0.2, 0) is 16.0 Å². The molecule has 26 heavy (non-hydrogen) atoms. The van der Waals surface area contributed by atoms with Gasteiger partial charge >= 0.3 is 0 Å². The second-order valence-electron chi connectivity index (χ2n) is 6.38. The standard InChI is InChI=1S/C19H18N4O2S/c24-16-3-1-2-15-8-13(10-21-19(15)22-16)4-5-18(25)23-11-14(12-23)9-17-20-6-7-26-17/h4-10H,1-3,11-12H2,(H,21,22,24)/b5-4+. The minimum Gasteiger partial charge on any atom is -0.331 e. The van der Waals surface area contributed by atoms with Crippen molar-refractivity contribution in [3.63, 3.8) is 0 Å². The fraction of sp³-hybridized carbons (Fsp3) is 0.263. The van der Waals surface area contributed by atoms with E-state index in [-0.39, 0.29) is 11.8 Å². The van der Waals surface area contributed by atoms with E-state index in [1.807, 2.05) is 17.5 Å². The summed E-state index contributed by atoms with van der Waals surface area (Å²) in [6.45, 7) is 1.30. The van der Waals surface area contributed by atoms with Gasteiger partial charge in [-0.2, -0.15) is 0 Å². The third kappa shape index (κ3) is 3.72. The molecule has 2 aromatic rings. The minimum absolute atomic E-state index is 0.00844. The number of hydrogen-bond acceptors (Lipinski definition) is 5. The third-order valence-corrected chi connectivity index (χ3v) is 5.12. The van der Waals surface area contributed by atoms with Gasteiger partial charge in [0.05, 0.1) is 0 Å². The second-order valence-corrected chi connectivity index (χ2v) is 7.30. The van der Waals surface area contributed by atoms with Crippen molar-refractivity contribution < 1.29 is 9.59 Å². The molecule has 2 aliphatic heterocycles. The van der Waals surface area contributed by atoms with Crippen LogP contribution in [0.5, 0.6) is 0 Å². The SMILES string of the molecule is O=C1CCCc2cc(/C=C/C(=O)N3CC(=Cc4nccs4)C3)cnc2N1. The summed E-state index contributed by atoms with van der Waals surface area (Å²) in [6.07, 6.45) is 11.0. The van der Waals surface area contributed by atoms with Crippen molar-refractivity contribution in [1.29, 1.82) is 0 Å². The van der Waals surface area contributed by atoms with Gasteiger partial charge in [0.15, 0.2) is 0 Å². The van der Waals surface area contributed by atoms with Crippen LogP contribution < -0.4 is 5.32 Å². The molecule has 0 atom stereocenters. The largest absolute Gasteiger partial charge is 0.331 e. The molecule has 1 N–H and O–H groups in total. The number of anilines is 1. The Labute approximate surface area is 155 Å². The molecule has 0 aromatic carbocycles. The Kier molecular flexibility index (Phi) is 4.62. The van der Waals surface area contributed by atoms with Crippen molar-refractivity contribution in [1.82, 2.24) is 14.9 Å².